The molecule has 0 saturated carbocycles. The molecule has 3 rings (SSSR count). The summed E-state index contributed by atoms with van der Waals surface area (Å²) >= 11 is 1.91. The van der Waals surface area contributed by atoms with Crippen molar-refractivity contribution < 1.29 is 14.7 Å². The fourth-order valence-electron chi connectivity index (χ4n) is 3.38. The van der Waals surface area contributed by atoms with Gasteiger partial charge in [-0.15, -0.1) is 0 Å². The van der Waals surface area contributed by atoms with Crippen molar-refractivity contribution >= 4 is 23.8 Å². The van der Waals surface area contributed by atoms with E-state index < -0.39 is 5.97 Å². The van der Waals surface area contributed by atoms with Crippen LogP contribution in [0.15, 0.2) is 30.3 Å². The Balaban J connectivity index is 1.55. The van der Waals surface area contributed by atoms with Gasteiger partial charge in [0.05, 0.1) is 12.1 Å². The largest absolute Gasteiger partial charge is 0.481 e. The molecule has 5 nitrogen and oxygen atoms in total. The number of fused-ring (bicyclic) bond motifs is 1. The Morgan fingerprint density at radius 3 is 2.83 bits per heavy atom. The highest BCUT2D eigenvalue weighted by Crippen LogP contribution is 2.37. The van der Waals surface area contributed by atoms with Crippen LogP contribution in [-0.2, 0) is 11.3 Å². The molecule has 0 radical (unpaired) electrons. The summed E-state index contributed by atoms with van der Waals surface area (Å²) in [5, 5.41) is 12.2. The highest BCUT2D eigenvalue weighted by Gasteiger charge is 2.47. The minimum absolute atomic E-state index is 0.0275. The van der Waals surface area contributed by atoms with E-state index in [1.165, 1.54) is 0 Å². The number of hydrogen-bond acceptors (Lipinski definition) is 3. The molecule has 0 unspecified atom stereocenters. The number of urea groups is 1. The minimum Gasteiger partial charge on any atom is -0.481 e. The van der Waals surface area contributed by atoms with Gasteiger partial charge in [-0.2, -0.15) is 11.8 Å². The summed E-state index contributed by atoms with van der Waals surface area (Å²) in [4.78, 5) is 24.8. The number of carboxylic acid groups (broad SMARTS) is 1. The van der Waals surface area contributed by atoms with Crippen molar-refractivity contribution in [1.82, 2.24) is 10.2 Å². The van der Waals surface area contributed by atoms with Gasteiger partial charge in [0.1, 0.15) is 0 Å². The molecule has 0 aliphatic carbocycles. The third kappa shape index (κ3) is 3.80. The first-order valence-corrected chi connectivity index (χ1v) is 9.14. The number of nitrogens with zero attached hydrogens (tertiary/aromatic N) is 1. The number of carbonyl (C=O) groups is 2. The quantitative estimate of drug-likeness (QED) is 0.594. The first-order chi connectivity index (χ1) is 11.1. The number of thioether (sulfide) groups is 1. The van der Waals surface area contributed by atoms with E-state index in [0.717, 1.165) is 24.2 Å². The van der Waals surface area contributed by atoms with Crippen LogP contribution in [0.3, 0.4) is 0 Å². The Kier molecular flexibility index (Phi) is 5.10. The van der Waals surface area contributed by atoms with Crippen LogP contribution in [0.4, 0.5) is 4.79 Å². The fourth-order valence-corrected chi connectivity index (χ4v) is 5.00. The second-order valence-corrected chi connectivity index (χ2v) is 7.44. The number of aliphatic carboxylic acids is 1. The normalized spacial score (nSPS) is 26.2. The zero-order valence-corrected chi connectivity index (χ0v) is 13.8. The van der Waals surface area contributed by atoms with Crippen molar-refractivity contribution in [2.24, 2.45) is 0 Å². The Bertz CT molecular complexity index is 566. The predicted octanol–water partition coefficient (Wildman–Crippen LogP) is 2.71. The van der Waals surface area contributed by atoms with Gasteiger partial charge in [0.15, 0.2) is 0 Å². The van der Waals surface area contributed by atoms with Gasteiger partial charge in [-0.1, -0.05) is 36.8 Å². The van der Waals surface area contributed by atoms with Crippen LogP contribution in [0.2, 0.25) is 0 Å². The van der Waals surface area contributed by atoms with Crippen LogP contribution in [-0.4, -0.2) is 45.1 Å². The standard InChI is InChI=1S/C17H22N2O3S/c20-15(21)9-5-4-8-14-16-13(11-23-14)19(17(22)18-16)10-12-6-2-1-3-7-12/h1-3,6-7,13-14,16H,4-5,8-11H2,(H,18,22)(H,20,21)/t13-,14-,16-/m0/s1. The molecule has 2 fully saturated rings. The SMILES string of the molecule is O=C(O)CCCC[C@@H]1SC[C@H]2[C@@H]1NC(=O)N2Cc1ccccc1. The minimum atomic E-state index is -0.731. The summed E-state index contributed by atoms with van der Waals surface area (Å²) < 4.78 is 0. The molecule has 2 amide bonds. The van der Waals surface area contributed by atoms with Crippen molar-refractivity contribution in [3.05, 3.63) is 35.9 Å². The topological polar surface area (TPSA) is 69.6 Å². The van der Waals surface area contributed by atoms with Crippen molar-refractivity contribution in [1.29, 1.82) is 0 Å². The van der Waals surface area contributed by atoms with Gasteiger partial charge in [0.2, 0.25) is 0 Å². The van der Waals surface area contributed by atoms with Crippen LogP contribution >= 0.6 is 11.8 Å². The third-order valence-electron chi connectivity index (χ3n) is 4.57. The molecule has 0 aromatic heterocycles. The smallest absolute Gasteiger partial charge is 0.318 e. The van der Waals surface area contributed by atoms with E-state index in [4.69, 9.17) is 5.11 Å². The molecule has 1 aromatic rings. The lowest BCUT2D eigenvalue weighted by Gasteiger charge is -2.22. The number of hydrogen-bond donors (Lipinski definition) is 2. The van der Waals surface area contributed by atoms with Gasteiger partial charge in [-0.05, 0) is 18.4 Å². The van der Waals surface area contributed by atoms with Gasteiger partial charge in [-0.3, -0.25) is 4.79 Å². The van der Waals surface area contributed by atoms with E-state index in [-0.39, 0.29) is 24.5 Å². The van der Waals surface area contributed by atoms with E-state index in [1.54, 1.807) is 0 Å². The van der Waals surface area contributed by atoms with Crippen molar-refractivity contribution in [2.75, 3.05) is 5.75 Å². The molecule has 2 saturated heterocycles. The zero-order chi connectivity index (χ0) is 16.2. The van der Waals surface area contributed by atoms with Gasteiger partial charge in [0, 0.05) is 24.0 Å². The van der Waals surface area contributed by atoms with Crippen molar-refractivity contribution in [3.63, 3.8) is 0 Å². The summed E-state index contributed by atoms with van der Waals surface area (Å²) in [7, 11) is 0. The molecule has 6 heteroatoms. The van der Waals surface area contributed by atoms with E-state index in [0.29, 0.717) is 18.2 Å². The van der Waals surface area contributed by atoms with Gasteiger partial charge in [0.25, 0.3) is 0 Å². The highest BCUT2D eigenvalue weighted by molar-refractivity contribution is 8.00. The molecular weight excluding hydrogens is 312 g/mol. The Hall–Kier alpha value is -1.69. The average molecular weight is 334 g/mol. The van der Waals surface area contributed by atoms with E-state index in [9.17, 15) is 9.59 Å². The average Bonchev–Trinajstić information content (AvgIpc) is 3.05. The molecule has 2 aliphatic rings. The fraction of sp³-hybridized carbons (Fsp3) is 0.529. The van der Waals surface area contributed by atoms with Crippen molar-refractivity contribution in [3.8, 4) is 0 Å². The second kappa shape index (κ2) is 7.25. The van der Waals surface area contributed by atoms with Crippen molar-refractivity contribution in [2.45, 2.75) is 49.6 Å². The molecule has 0 spiro atoms. The maximum atomic E-state index is 12.3. The van der Waals surface area contributed by atoms with Gasteiger partial charge < -0.3 is 15.3 Å². The molecule has 0 bridgehead atoms. The lowest BCUT2D eigenvalue weighted by Crippen LogP contribution is -2.37. The number of carbonyl (C=O) groups excluding carboxylic acids is 1. The molecule has 2 heterocycles. The molecule has 2 aliphatic heterocycles. The lowest BCUT2D eigenvalue weighted by molar-refractivity contribution is -0.137. The van der Waals surface area contributed by atoms with Crippen LogP contribution in [0.25, 0.3) is 0 Å². The summed E-state index contributed by atoms with van der Waals surface area (Å²) in [5.74, 6) is 0.227. The summed E-state index contributed by atoms with van der Waals surface area (Å²) in [6.45, 7) is 0.653. The lowest BCUT2D eigenvalue weighted by atomic mass is 10.0. The van der Waals surface area contributed by atoms with Crippen LogP contribution < -0.4 is 5.32 Å². The maximum absolute atomic E-state index is 12.3. The Morgan fingerprint density at radius 1 is 1.30 bits per heavy atom. The molecule has 2 N–H and O–H groups in total. The van der Waals surface area contributed by atoms with Gasteiger partial charge >= 0.3 is 12.0 Å². The van der Waals surface area contributed by atoms with Gasteiger partial charge in [-0.25, -0.2) is 4.79 Å². The van der Waals surface area contributed by atoms with Crippen LogP contribution in [0.5, 0.6) is 0 Å². The van der Waals surface area contributed by atoms with E-state index in [2.05, 4.69) is 5.32 Å². The number of unbranched alkanes of at least 4 members (excludes halogenated alkanes) is 1. The zero-order valence-electron chi connectivity index (χ0n) is 13.0. The van der Waals surface area contributed by atoms with Crippen LogP contribution in [0, 0.1) is 0 Å². The number of carboxylic acids is 1. The predicted molar refractivity (Wildman–Crippen MR) is 90.4 cm³/mol. The monoisotopic (exact) mass is 334 g/mol. The number of benzene rings is 1. The number of rotatable bonds is 7. The first kappa shape index (κ1) is 16.2. The molecule has 1 aromatic carbocycles. The summed E-state index contributed by atoms with van der Waals surface area (Å²) in [6.07, 6.45) is 2.82. The first-order valence-electron chi connectivity index (χ1n) is 8.09. The molecule has 124 valence electrons. The second-order valence-electron chi connectivity index (χ2n) is 6.17. The Labute approximate surface area is 140 Å². The number of nitrogens with one attached hydrogen (secondary N) is 1. The maximum Gasteiger partial charge on any atom is 0.318 e. The van der Waals surface area contributed by atoms with Crippen LogP contribution in [0.1, 0.15) is 31.2 Å². The number of amides is 2. The molecular formula is C17H22N2O3S. The molecule has 3 atom stereocenters. The van der Waals surface area contributed by atoms with E-state index >= 15 is 0 Å². The third-order valence-corrected chi connectivity index (χ3v) is 6.06. The summed E-state index contributed by atoms with van der Waals surface area (Å²) in [5.41, 5.74) is 1.15. The van der Waals surface area contributed by atoms with E-state index in [1.807, 2.05) is 47.0 Å². The summed E-state index contributed by atoms with van der Waals surface area (Å²) in [6, 6.07) is 10.5. The Morgan fingerprint density at radius 2 is 2.09 bits per heavy atom. The highest BCUT2D eigenvalue weighted by atomic mass is 32.2. The molecule has 23 heavy (non-hydrogen) atoms.